The average Bonchev–Trinajstić information content (AvgIpc) is 2.55. The smallest absolute Gasteiger partial charge is 0.0166 e. The summed E-state index contributed by atoms with van der Waals surface area (Å²) in [5, 5.41) is 0. The summed E-state index contributed by atoms with van der Waals surface area (Å²) in [6.45, 7) is 16.3. The van der Waals surface area contributed by atoms with E-state index in [2.05, 4.69) is 83.6 Å². The largest absolute Gasteiger partial charge is 0.0999 e. The van der Waals surface area contributed by atoms with Gasteiger partial charge in [0.15, 0.2) is 0 Å². The van der Waals surface area contributed by atoms with Crippen LogP contribution < -0.4 is 0 Å². The number of rotatable bonds is 18. The fourth-order valence-electron chi connectivity index (χ4n) is 2.82. The lowest BCUT2D eigenvalue weighted by Gasteiger charge is -2.05. The van der Waals surface area contributed by atoms with Crippen molar-refractivity contribution in [2.45, 2.75) is 89.9 Å². The van der Waals surface area contributed by atoms with Gasteiger partial charge in [0.1, 0.15) is 0 Å². The van der Waals surface area contributed by atoms with E-state index in [1.165, 1.54) is 82.5 Å². The standard InChI is InChI=1S/C24H38I2/c1-21(17-13-19-23(3)25)15-11-9-7-5-6-8-10-12-16-22(2)18-14-20-24(4)26/h5-6H,1-4,7-20H2/b6-5+. The summed E-state index contributed by atoms with van der Waals surface area (Å²) in [6.07, 6.45) is 21.7. The molecule has 0 radical (unpaired) electrons. The summed E-state index contributed by atoms with van der Waals surface area (Å²) in [7, 11) is 0. The van der Waals surface area contributed by atoms with Gasteiger partial charge in [-0.3, -0.25) is 0 Å². The van der Waals surface area contributed by atoms with Gasteiger partial charge >= 0.3 is 0 Å². The van der Waals surface area contributed by atoms with Gasteiger partial charge in [-0.1, -0.05) is 49.6 Å². The molecule has 0 aliphatic rings. The lowest BCUT2D eigenvalue weighted by molar-refractivity contribution is 0.695. The van der Waals surface area contributed by atoms with Crippen LogP contribution in [0, 0.1) is 0 Å². The molecule has 148 valence electrons. The summed E-state index contributed by atoms with van der Waals surface area (Å²) in [5.74, 6) is 0. The molecule has 0 aliphatic heterocycles. The molecule has 0 fully saturated rings. The third-order valence-corrected chi connectivity index (χ3v) is 5.50. The number of hydrogen-bond acceptors (Lipinski definition) is 0. The zero-order chi connectivity index (χ0) is 19.6. The van der Waals surface area contributed by atoms with Gasteiger partial charge in [0.2, 0.25) is 0 Å². The van der Waals surface area contributed by atoms with Gasteiger partial charge in [-0.15, -0.1) is 0 Å². The Hall–Kier alpha value is 0.160. The first kappa shape index (κ1) is 26.2. The second kappa shape index (κ2) is 18.5. The van der Waals surface area contributed by atoms with Crippen molar-refractivity contribution in [2.24, 2.45) is 0 Å². The molecule has 0 aromatic carbocycles. The fourth-order valence-corrected chi connectivity index (χ4v) is 3.58. The van der Waals surface area contributed by atoms with Crippen LogP contribution in [0.25, 0.3) is 0 Å². The van der Waals surface area contributed by atoms with Gasteiger partial charge in [-0.05, 0) is 142 Å². The summed E-state index contributed by atoms with van der Waals surface area (Å²) < 4.78 is 2.51. The van der Waals surface area contributed by atoms with Crippen molar-refractivity contribution in [1.82, 2.24) is 0 Å². The Morgan fingerprint density at radius 2 is 0.846 bits per heavy atom. The first-order chi connectivity index (χ1) is 12.4. The number of allylic oxidation sites excluding steroid dienone is 6. The van der Waals surface area contributed by atoms with Crippen molar-refractivity contribution in [3.8, 4) is 0 Å². The van der Waals surface area contributed by atoms with Crippen LogP contribution in [0.2, 0.25) is 0 Å². The molecule has 0 unspecified atom stereocenters. The molecule has 0 heterocycles. The first-order valence-corrected chi connectivity index (χ1v) is 12.2. The van der Waals surface area contributed by atoms with Crippen LogP contribution in [-0.2, 0) is 0 Å². The Labute approximate surface area is 190 Å². The number of hydrogen-bond donors (Lipinski definition) is 0. The molecule has 0 aromatic heterocycles. The normalized spacial score (nSPS) is 11.0. The Morgan fingerprint density at radius 3 is 1.19 bits per heavy atom. The molecular weight excluding hydrogens is 542 g/mol. The van der Waals surface area contributed by atoms with Crippen molar-refractivity contribution in [3.05, 3.63) is 56.8 Å². The van der Waals surface area contributed by atoms with E-state index in [9.17, 15) is 0 Å². The molecule has 0 bridgehead atoms. The zero-order valence-electron chi connectivity index (χ0n) is 16.6. The van der Waals surface area contributed by atoms with E-state index in [1.807, 2.05) is 0 Å². The SMILES string of the molecule is C=C(I)CCCC(=C)CCCC/C=C/CCCCC(=C)CCCC(=C)I. The Morgan fingerprint density at radius 1 is 0.500 bits per heavy atom. The number of unbranched alkanes of at least 4 members (excludes halogenated alkanes) is 4. The molecule has 0 rings (SSSR count). The molecule has 0 aromatic rings. The molecule has 0 atom stereocenters. The van der Waals surface area contributed by atoms with Crippen LogP contribution in [0.5, 0.6) is 0 Å². The Kier molecular flexibility index (Phi) is 18.6. The molecule has 0 aliphatic carbocycles. The van der Waals surface area contributed by atoms with E-state index in [0.717, 1.165) is 25.7 Å². The molecule has 0 amide bonds. The minimum atomic E-state index is 1.13. The molecule has 0 spiro atoms. The molecule has 2 heteroatoms. The maximum Gasteiger partial charge on any atom is -0.0166 e. The lowest BCUT2D eigenvalue weighted by atomic mass is 10.0. The highest BCUT2D eigenvalue weighted by atomic mass is 127. The van der Waals surface area contributed by atoms with Crippen LogP contribution in [0.15, 0.2) is 56.8 Å². The van der Waals surface area contributed by atoms with Gasteiger partial charge in [0.25, 0.3) is 0 Å². The van der Waals surface area contributed by atoms with E-state index in [1.54, 1.807) is 0 Å². The minimum Gasteiger partial charge on any atom is -0.0999 e. The minimum absolute atomic E-state index is 1.13. The lowest BCUT2D eigenvalue weighted by Crippen LogP contribution is -1.85. The highest BCUT2D eigenvalue weighted by Crippen LogP contribution is 2.19. The topological polar surface area (TPSA) is 0 Å². The van der Waals surface area contributed by atoms with Gasteiger partial charge in [-0.25, -0.2) is 0 Å². The second-order valence-electron chi connectivity index (χ2n) is 7.20. The molecule has 0 saturated heterocycles. The second-order valence-corrected chi connectivity index (χ2v) is 10.3. The van der Waals surface area contributed by atoms with Gasteiger partial charge in [0.05, 0.1) is 0 Å². The van der Waals surface area contributed by atoms with E-state index in [0.29, 0.717) is 0 Å². The predicted molar refractivity (Wildman–Crippen MR) is 138 cm³/mol. The van der Waals surface area contributed by atoms with Crippen LogP contribution in [-0.4, -0.2) is 0 Å². The number of halogens is 2. The molecule has 26 heavy (non-hydrogen) atoms. The molecular formula is C24H38I2. The maximum absolute atomic E-state index is 4.20. The summed E-state index contributed by atoms with van der Waals surface area (Å²) in [6, 6.07) is 0. The molecule has 0 saturated carbocycles. The van der Waals surface area contributed by atoms with E-state index < -0.39 is 0 Å². The highest BCUT2D eigenvalue weighted by molar-refractivity contribution is 14.1. The fraction of sp³-hybridized carbons (Fsp3) is 0.583. The third kappa shape index (κ3) is 20.5. The van der Waals surface area contributed by atoms with Crippen molar-refractivity contribution in [2.75, 3.05) is 0 Å². The Bertz CT molecular complexity index is 415. The van der Waals surface area contributed by atoms with Crippen molar-refractivity contribution in [1.29, 1.82) is 0 Å². The Balaban J connectivity index is 3.40. The van der Waals surface area contributed by atoms with E-state index in [4.69, 9.17) is 0 Å². The maximum atomic E-state index is 4.20. The monoisotopic (exact) mass is 580 g/mol. The summed E-state index contributed by atoms with van der Waals surface area (Å²) >= 11 is 4.63. The molecule has 0 nitrogen and oxygen atoms in total. The van der Waals surface area contributed by atoms with Crippen LogP contribution in [0.3, 0.4) is 0 Å². The zero-order valence-corrected chi connectivity index (χ0v) is 21.0. The van der Waals surface area contributed by atoms with Gasteiger partial charge < -0.3 is 0 Å². The van der Waals surface area contributed by atoms with Crippen LogP contribution in [0.4, 0.5) is 0 Å². The van der Waals surface area contributed by atoms with Crippen molar-refractivity contribution in [3.63, 3.8) is 0 Å². The van der Waals surface area contributed by atoms with Crippen LogP contribution >= 0.6 is 45.2 Å². The third-order valence-electron chi connectivity index (χ3n) is 4.43. The predicted octanol–water partition coefficient (Wildman–Crippen LogP) is 10.0. The summed E-state index contributed by atoms with van der Waals surface area (Å²) in [5.41, 5.74) is 2.82. The molecule has 0 N–H and O–H groups in total. The van der Waals surface area contributed by atoms with Gasteiger partial charge in [0, 0.05) is 0 Å². The van der Waals surface area contributed by atoms with E-state index >= 15 is 0 Å². The average molecular weight is 580 g/mol. The highest BCUT2D eigenvalue weighted by Gasteiger charge is 1.97. The van der Waals surface area contributed by atoms with Crippen molar-refractivity contribution < 1.29 is 0 Å². The summed E-state index contributed by atoms with van der Waals surface area (Å²) in [4.78, 5) is 0. The quantitative estimate of drug-likeness (QED) is 0.0860. The van der Waals surface area contributed by atoms with Crippen molar-refractivity contribution >= 4 is 45.2 Å². The van der Waals surface area contributed by atoms with Crippen LogP contribution in [0.1, 0.15) is 89.9 Å². The van der Waals surface area contributed by atoms with E-state index in [-0.39, 0.29) is 0 Å². The van der Waals surface area contributed by atoms with Gasteiger partial charge in [-0.2, -0.15) is 0 Å². The first-order valence-electron chi connectivity index (χ1n) is 10.1.